The van der Waals surface area contributed by atoms with Crippen LogP contribution in [0.2, 0.25) is 0 Å². The summed E-state index contributed by atoms with van der Waals surface area (Å²) in [6.07, 6.45) is 0. The topological polar surface area (TPSA) is 92.3 Å². The van der Waals surface area contributed by atoms with Crippen LogP contribution in [0.3, 0.4) is 0 Å². The van der Waals surface area contributed by atoms with Gasteiger partial charge in [-0.2, -0.15) is 0 Å². The minimum absolute atomic E-state index is 0.0250. The molecule has 0 radical (unpaired) electrons. The Hall–Kier alpha value is -3.94. The molecule has 2 heterocycles. The molecule has 0 aliphatic rings. The van der Waals surface area contributed by atoms with Crippen LogP contribution in [0.15, 0.2) is 59.0 Å². The van der Waals surface area contributed by atoms with Crippen LogP contribution in [-0.2, 0) is 11.3 Å². The van der Waals surface area contributed by atoms with Gasteiger partial charge in [-0.25, -0.2) is 14.5 Å². The third kappa shape index (κ3) is 4.18. The van der Waals surface area contributed by atoms with E-state index >= 15 is 0 Å². The summed E-state index contributed by atoms with van der Waals surface area (Å²) in [5, 5.41) is 8.14. The van der Waals surface area contributed by atoms with Gasteiger partial charge in [-0.05, 0) is 45.0 Å². The lowest BCUT2D eigenvalue weighted by atomic mass is 10.2. The second kappa shape index (κ2) is 8.83. The van der Waals surface area contributed by atoms with Crippen LogP contribution in [0.1, 0.15) is 34.6 Å². The molecule has 2 aromatic carbocycles. The molecule has 0 saturated heterocycles. The first kappa shape index (κ1) is 20.3. The van der Waals surface area contributed by atoms with E-state index < -0.39 is 5.97 Å². The monoisotopic (exact) mass is 418 g/mol. The summed E-state index contributed by atoms with van der Waals surface area (Å²) >= 11 is 0. The molecule has 4 aromatic rings. The fraction of sp³-hybridized carbons (Fsp3) is 0.217. The van der Waals surface area contributed by atoms with Gasteiger partial charge in [-0.15, -0.1) is 5.10 Å². The van der Waals surface area contributed by atoms with Crippen LogP contribution in [-0.4, -0.2) is 32.6 Å². The van der Waals surface area contributed by atoms with Crippen LogP contribution < -0.4 is 4.74 Å². The van der Waals surface area contributed by atoms with Crippen molar-refractivity contribution in [1.29, 1.82) is 0 Å². The van der Waals surface area contributed by atoms with Crippen LogP contribution in [0.25, 0.3) is 17.1 Å². The maximum Gasteiger partial charge on any atom is 0.361 e. The molecule has 0 spiro atoms. The Morgan fingerprint density at radius 2 is 1.81 bits per heavy atom. The van der Waals surface area contributed by atoms with Crippen molar-refractivity contribution >= 4 is 5.97 Å². The first-order valence-electron chi connectivity index (χ1n) is 9.91. The van der Waals surface area contributed by atoms with Gasteiger partial charge in [0.15, 0.2) is 5.69 Å². The number of hydrogen-bond donors (Lipinski definition) is 0. The summed E-state index contributed by atoms with van der Waals surface area (Å²) in [5.74, 6) is 1.15. The van der Waals surface area contributed by atoms with Gasteiger partial charge in [0.25, 0.3) is 0 Å². The van der Waals surface area contributed by atoms with Gasteiger partial charge in [0.05, 0.1) is 12.3 Å². The number of oxazole rings is 1. The zero-order valence-electron chi connectivity index (χ0n) is 17.5. The quantitative estimate of drug-likeness (QED) is 0.413. The summed E-state index contributed by atoms with van der Waals surface area (Å²) < 4.78 is 18.4. The molecule has 0 bridgehead atoms. The van der Waals surface area contributed by atoms with Crippen molar-refractivity contribution in [3.05, 3.63) is 77.4 Å². The maximum atomic E-state index is 12.7. The van der Waals surface area contributed by atoms with Crippen LogP contribution >= 0.6 is 0 Å². The summed E-state index contributed by atoms with van der Waals surface area (Å²) in [6.45, 7) is 5.94. The van der Waals surface area contributed by atoms with Crippen molar-refractivity contribution in [2.24, 2.45) is 0 Å². The molecule has 4 rings (SSSR count). The highest BCUT2D eigenvalue weighted by Crippen LogP contribution is 2.25. The molecule has 2 aromatic heterocycles. The average Bonchev–Trinajstić information content (AvgIpc) is 3.36. The number of hydrogen-bond acceptors (Lipinski definition) is 7. The first-order valence-corrected chi connectivity index (χ1v) is 9.91. The first-order chi connectivity index (χ1) is 15.1. The Bertz CT molecular complexity index is 1200. The molecule has 0 aliphatic heterocycles. The van der Waals surface area contributed by atoms with Crippen molar-refractivity contribution < 1.29 is 18.7 Å². The molecule has 8 nitrogen and oxygen atoms in total. The highest BCUT2D eigenvalue weighted by Gasteiger charge is 2.21. The summed E-state index contributed by atoms with van der Waals surface area (Å²) in [7, 11) is 0. The van der Waals surface area contributed by atoms with Gasteiger partial charge < -0.3 is 13.9 Å². The molecule has 0 N–H and O–H groups in total. The van der Waals surface area contributed by atoms with E-state index in [0.29, 0.717) is 41.1 Å². The SMILES string of the molecule is CCOc1ccccc1-n1nnc(C(=O)OCc2nc(-c3ccccc3)oc2C)c1C. The lowest BCUT2D eigenvalue weighted by Gasteiger charge is -2.10. The number of nitrogens with zero attached hydrogens (tertiary/aromatic N) is 4. The number of carbonyl (C=O) groups excluding carboxylic acids is 1. The second-order valence-corrected chi connectivity index (χ2v) is 6.80. The van der Waals surface area contributed by atoms with Crippen molar-refractivity contribution in [3.63, 3.8) is 0 Å². The summed E-state index contributed by atoms with van der Waals surface area (Å²) in [5.41, 5.74) is 2.80. The van der Waals surface area contributed by atoms with Gasteiger partial charge in [0.2, 0.25) is 5.89 Å². The minimum atomic E-state index is -0.582. The van der Waals surface area contributed by atoms with Gasteiger partial charge >= 0.3 is 5.97 Å². The molecule has 31 heavy (non-hydrogen) atoms. The molecule has 8 heteroatoms. The number of aryl methyl sites for hydroxylation is 1. The van der Waals surface area contributed by atoms with Gasteiger partial charge in [0.1, 0.15) is 29.5 Å². The minimum Gasteiger partial charge on any atom is -0.492 e. The normalized spacial score (nSPS) is 10.8. The number of rotatable bonds is 7. The van der Waals surface area contributed by atoms with E-state index in [4.69, 9.17) is 13.9 Å². The van der Waals surface area contributed by atoms with E-state index in [2.05, 4.69) is 15.3 Å². The fourth-order valence-electron chi connectivity index (χ4n) is 3.12. The lowest BCUT2D eigenvalue weighted by molar-refractivity contribution is 0.0459. The average molecular weight is 418 g/mol. The zero-order chi connectivity index (χ0) is 21.8. The van der Waals surface area contributed by atoms with E-state index in [9.17, 15) is 4.79 Å². The smallest absolute Gasteiger partial charge is 0.361 e. The van der Waals surface area contributed by atoms with Crippen molar-refractivity contribution in [3.8, 4) is 22.9 Å². The van der Waals surface area contributed by atoms with E-state index in [1.165, 1.54) is 0 Å². The molecule has 158 valence electrons. The molecule has 0 saturated carbocycles. The van der Waals surface area contributed by atoms with Gasteiger partial charge in [-0.3, -0.25) is 0 Å². The molecule has 0 amide bonds. The lowest BCUT2D eigenvalue weighted by Crippen LogP contribution is -2.09. The van der Waals surface area contributed by atoms with Crippen molar-refractivity contribution in [2.45, 2.75) is 27.4 Å². The number of carbonyl (C=O) groups is 1. The number of benzene rings is 2. The highest BCUT2D eigenvalue weighted by molar-refractivity contribution is 5.88. The Morgan fingerprint density at radius 3 is 2.58 bits per heavy atom. The Balaban J connectivity index is 1.50. The molecule has 0 atom stereocenters. The number of ether oxygens (including phenoxy) is 2. The van der Waals surface area contributed by atoms with E-state index in [-0.39, 0.29) is 12.3 Å². The van der Waals surface area contributed by atoms with E-state index in [0.717, 1.165) is 5.56 Å². The van der Waals surface area contributed by atoms with E-state index in [1.807, 2.05) is 61.5 Å². The maximum absolute atomic E-state index is 12.7. The van der Waals surface area contributed by atoms with Gasteiger partial charge in [-0.1, -0.05) is 35.5 Å². The number of esters is 1. The Labute approximate surface area is 179 Å². The highest BCUT2D eigenvalue weighted by atomic mass is 16.5. The zero-order valence-corrected chi connectivity index (χ0v) is 17.5. The van der Waals surface area contributed by atoms with Crippen LogP contribution in [0.5, 0.6) is 5.75 Å². The van der Waals surface area contributed by atoms with Gasteiger partial charge in [0, 0.05) is 5.56 Å². The molecular formula is C23H22N4O4. The molecule has 0 unspecified atom stereocenters. The van der Waals surface area contributed by atoms with Crippen molar-refractivity contribution in [1.82, 2.24) is 20.0 Å². The summed E-state index contributed by atoms with van der Waals surface area (Å²) in [6, 6.07) is 17.0. The predicted octanol–water partition coefficient (Wildman–Crippen LogP) is 4.29. The molecular weight excluding hydrogens is 396 g/mol. The summed E-state index contributed by atoms with van der Waals surface area (Å²) in [4.78, 5) is 17.1. The molecule has 0 fully saturated rings. The van der Waals surface area contributed by atoms with E-state index in [1.54, 1.807) is 18.5 Å². The fourth-order valence-corrected chi connectivity index (χ4v) is 3.12. The van der Waals surface area contributed by atoms with Crippen molar-refractivity contribution in [2.75, 3.05) is 6.61 Å². The largest absolute Gasteiger partial charge is 0.492 e. The second-order valence-electron chi connectivity index (χ2n) is 6.80. The Morgan fingerprint density at radius 1 is 1.06 bits per heavy atom. The standard InChI is InChI=1S/C23H22N4O4/c1-4-29-20-13-9-8-12-19(20)27-15(2)21(25-26-27)23(28)30-14-18-16(3)31-22(24-18)17-10-6-5-7-11-17/h5-13H,4,14H2,1-3H3. The number of para-hydroxylation sites is 2. The number of aromatic nitrogens is 4. The third-order valence-electron chi connectivity index (χ3n) is 4.73. The Kier molecular flexibility index (Phi) is 5.79. The molecule has 0 aliphatic carbocycles. The van der Waals surface area contributed by atoms with Crippen LogP contribution in [0, 0.1) is 13.8 Å². The third-order valence-corrected chi connectivity index (χ3v) is 4.73. The van der Waals surface area contributed by atoms with Crippen LogP contribution in [0.4, 0.5) is 0 Å². The predicted molar refractivity (Wildman–Crippen MR) is 113 cm³/mol.